The highest BCUT2D eigenvalue weighted by Gasteiger charge is 2.30. The Balaban J connectivity index is 2.03. The first kappa shape index (κ1) is 19.0. The molecule has 0 spiro atoms. The van der Waals surface area contributed by atoms with Gasteiger partial charge in [-0.3, -0.25) is 0 Å². The van der Waals surface area contributed by atoms with Crippen LogP contribution >= 0.6 is 0 Å². The van der Waals surface area contributed by atoms with Gasteiger partial charge in [0.25, 0.3) is 0 Å². The molecule has 0 N–H and O–H groups in total. The molecule has 2 aliphatic rings. The van der Waals surface area contributed by atoms with Crippen LogP contribution in [0.25, 0.3) is 28.9 Å². The highest BCUT2D eigenvalue weighted by atomic mass is 14.3. The van der Waals surface area contributed by atoms with E-state index in [0.717, 1.165) is 23.1 Å². The van der Waals surface area contributed by atoms with E-state index in [-0.39, 0.29) is 0 Å². The molecule has 2 aromatic carbocycles. The van der Waals surface area contributed by atoms with Crippen molar-refractivity contribution in [2.75, 3.05) is 0 Å². The molecule has 2 aliphatic carbocycles. The number of hydrogen-bond donors (Lipinski definition) is 0. The van der Waals surface area contributed by atoms with E-state index in [9.17, 15) is 0 Å². The van der Waals surface area contributed by atoms with Crippen molar-refractivity contribution in [1.29, 1.82) is 0 Å². The van der Waals surface area contributed by atoms with Gasteiger partial charge in [0.15, 0.2) is 0 Å². The van der Waals surface area contributed by atoms with Crippen LogP contribution in [0, 0.1) is 13.8 Å². The average molecular weight is 375 g/mol. The molecule has 0 amide bonds. The predicted molar refractivity (Wildman–Crippen MR) is 129 cm³/mol. The molecule has 0 heterocycles. The van der Waals surface area contributed by atoms with Crippen LogP contribution in [-0.2, 0) is 0 Å². The van der Waals surface area contributed by atoms with Gasteiger partial charge in [-0.2, -0.15) is 0 Å². The third kappa shape index (κ3) is 3.02. The van der Waals surface area contributed by atoms with E-state index in [1.807, 2.05) is 12.2 Å². The summed E-state index contributed by atoms with van der Waals surface area (Å²) in [5.74, 6) is 0. The largest absolute Gasteiger partial charge is 0.0984 e. The molecule has 0 aliphatic heterocycles. The molecule has 0 radical (unpaired) electrons. The Morgan fingerprint density at radius 3 is 1.97 bits per heavy atom. The molecule has 0 nitrogen and oxygen atoms in total. The molecular weight excluding hydrogens is 348 g/mol. The normalized spacial score (nSPS) is 21.7. The summed E-state index contributed by atoms with van der Waals surface area (Å²) >= 11 is 0. The topological polar surface area (TPSA) is 0 Å². The number of allylic oxidation sites excluding steroid dienone is 9. The molecule has 0 aromatic heterocycles. The van der Waals surface area contributed by atoms with Gasteiger partial charge in [0, 0.05) is 0 Å². The van der Waals surface area contributed by atoms with Gasteiger partial charge in [-0.15, -0.1) is 0 Å². The number of benzene rings is 2. The summed E-state index contributed by atoms with van der Waals surface area (Å²) in [5.41, 5.74) is 13.4. The summed E-state index contributed by atoms with van der Waals surface area (Å²) in [5, 5.41) is 0. The number of fused-ring (bicyclic) bond motifs is 5. The van der Waals surface area contributed by atoms with Gasteiger partial charge in [-0.05, 0) is 81.5 Å². The van der Waals surface area contributed by atoms with Crippen molar-refractivity contribution in [3.8, 4) is 0 Å². The van der Waals surface area contributed by atoms with E-state index >= 15 is 0 Å². The van der Waals surface area contributed by atoms with Crippen LogP contribution in [0.2, 0.25) is 0 Å². The predicted octanol–water partition coefficient (Wildman–Crippen LogP) is 7.97. The van der Waals surface area contributed by atoms with Crippen molar-refractivity contribution in [2.45, 2.75) is 20.3 Å². The molecular formula is C29H26. The molecule has 142 valence electrons. The van der Waals surface area contributed by atoms with Crippen molar-refractivity contribution >= 4 is 28.9 Å². The number of rotatable bonds is 3. The third-order valence-corrected chi connectivity index (χ3v) is 6.03. The van der Waals surface area contributed by atoms with Crippen LogP contribution in [0.15, 0.2) is 86.0 Å². The Morgan fingerprint density at radius 1 is 0.793 bits per heavy atom. The molecule has 0 fully saturated rings. The summed E-state index contributed by atoms with van der Waals surface area (Å²) in [6, 6.07) is 10.6. The molecule has 0 atom stereocenters. The first-order valence-corrected chi connectivity index (χ1v) is 10.0. The van der Waals surface area contributed by atoms with Crippen LogP contribution in [0.4, 0.5) is 0 Å². The zero-order valence-corrected chi connectivity index (χ0v) is 17.3. The lowest BCUT2D eigenvalue weighted by atomic mass is 9.87. The Labute approximate surface area is 174 Å². The Hall–Kier alpha value is -3.38. The minimum atomic E-state index is 0.897. The quantitative estimate of drug-likeness (QED) is 0.511. The second-order valence-corrected chi connectivity index (χ2v) is 7.57. The second kappa shape index (κ2) is 7.56. The monoisotopic (exact) mass is 374 g/mol. The van der Waals surface area contributed by atoms with Gasteiger partial charge < -0.3 is 0 Å². The van der Waals surface area contributed by atoms with Crippen molar-refractivity contribution in [1.82, 2.24) is 0 Å². The summed E-state index contributed by atoms with van der Waals surface area (Å²) in [6.45, 7) is 16.9. The van der Waals surface area contributed by atoms with Gasteiger partial charge in [0.05, 0.1) is 0 Å². The fourth-order valence-corrected chi connectivity index (χ4v) is 4.54. The lowest BCUT2D eigenvalue weighted by Crippen LogP contribution is -1.99. The Bertz CT molecular complexity index is 1160. The molecule has 29 heavy (non-hydrogen) atoms. The first-order valence-electron chi connectivity index (χ1n) is 10.0. The zero-order valence-electron chi connectivity index (χ0n) is 17.3. The lowest BCUT2D eigenvalue weighted by Gasteiger charge is -2.17. The smallest absolute Gasteiger partial charge is 0.00608 e. The maximum Gasteiger partial charge on any atom is -0.00608 e. The Morgan fingerprint density at radius 2 is 1.38 bits per heavy atom. The maximum atomic E-state index is 4.47. The SMILES string of the molecule is C=Cc1c(C)c2c(c(C)c1C=C)/C1=C/C=C(/c3ccccc3)C/C=C\C=C\2C1=C. The average Bonchev–Trinajstić information content (AvgIpc) is 3.00. The summed E-state index contributed by atoms with van der Waals surface area (Å²) in [4.78, 5) is 0. The van der Waals surface area contributed by atoms with E-state index in [1.165, 1.54) is 44.5 Å². The van der Waals surface area contributed by atoms with Crippen LogP contribution in [0.5, 0.6) is 0 Å². The van der Waals surface area contributed by atoms with E-state index in [4.69, 9.17) is 0 Å². The van der Waals surface area contributed by atoms with E-state index in [0.29, 0.717) is 0 Å². The molecule has 0 saturated heterocycles. The molecule has 2 bridgehead atoms. The van der Waals surface area contributed by atoms with Crippen molar-refractivity contribution in [2.24, 2.45) is 0 Å². The lowest BCUT2D eigenvalue weighted by molar-refractivity contribution is 1.32. The minimum absolute atomic E-state index is 0.897. The first-order chi connectivity index (χ1) is 14.1. The molecule has 0 unspecified atom stereocenters. The van der Waals surface area contributed by atoms with Gasteiger partial charge in [0.2, 0.25) is 0 Å². The molecule has 0 saturated carbocycles. The summed E-state index contributed by atoms with van der Waals surface area (Å²) in [6.07, 6.45) is 15.9. The van der Waals surface area contributed by atoms with Crippen LogP contribution in [0.1, 0.15) is 45.4 Å². The Kier molecular flexibility index (Phi) is 4.94. The maximum absolute atomic E-state index is 4.47. The van der Waals surface area contributed by atoms with Crippen LogP contribution in [-0.4, -0.2) is 0 Å². The fourth-order valence-electron chi connectivity index (χ4n) is 4.54. The molecule has 0 heteroatoms. The third-order valence-electron chi connectivity index (χ3n) is 6.03. The highest BCUT2D eigenvalue weighted by Crippen LogP contribution is 2.49. The van der Waals surface area contributed by atoms with Crippen molar-refractivity contribution in [3.63, 3.8) is 0 Å². The number of hydrogen-bond acceptors (Lipinski definition) is 0. The highest BCUT2D eigenvalue weighted by molar-refractivity contribution is 6.11. The molecule has 4 rings (SSSR count). The standard InChI is InChI=1S/C29H26/c1-6-24-20(4)28-26-16-12-11-15-23(22-13-9-8-10-14-22)17-18-27(19(26)3)29(28)21(5)25(24)7-2/h6-14,16-18H,1-3,15H2,4-5H3/b12-11-,23-17+,26-16+,27-18+. The second-order valence-electron chi connectivity index (χ2n) is 7.57. The van der Waals surface area contributed by atoms with Crippen LogP contribution in [0.3, 0.4) is 0 Å². The van der Waals surface area contributed by atoms with Gasteiger partial charge in [0.1, 0.15) is 0 Å². The molecule has 2 aromatic rings. The van der Waals surface area contributed by atoms with Crippen molar-refractivity contribution in [3.05, 3.63) is 125 Å². The van der Waals surface area contributed by atoms with E-state index in [1.54, 1.807) is 0 Å². The van der Waals surface area contributed by atoms with Gasteiger partial charge in [-0.25, -0.2) is 0 Å². The van der Waals surface area contributed by atoms with E-state index < -0.39 is 0 Å². The fraction of sp³-hybridized carbons (Fsp3) is 0.103. The summed E-state index contributed by atoms with van der Waals surface area (Å²) < 4.78 is 0. The van der Waals surface area contributed by atoms with Gasteiger partial charge in [-0.1, -0.05) is 92.6 Å². The van der Waals surface area contributed by atoms with Crippen LogP contribution < -0.4 is 0 Å². The zero-order chi connectivity index (χ0) is 20.5. The van der Waals surface area contributed by atoms with Gasteiger partial charge >= 0.3 is 0 Å². The van der Waals surface area contributed by atoms with Crippen molar-refractivity contribution < 1.29 is 0 Å². The van der Waals surface area contributed by atoms with E-state index in [2.05, 4.69) is 94.3 Å². The minimum Gasteiger partial charge on any atom is -0.0984 e. The summed E-state index contributed by atoms with van der Waals surface area (Å²) in [7, 11) is 0.